The van der Waals surface area contributed by atoms with Crippen molar-refractivity contribution in [1.82, 2.24) is 4.90 Å². The fourth-order valence-corrected chi connectivity index (χ4v) is 4.90. The number of esters is 1. The minimum Gasteiger partial charge on any atom is -0.489 e. The zero-order chi connectivity index (χ0) is 23.9. The quantitative estimate of drug-likeness (QED) is 0.387. The van der Waals surface area contributed by atoms with Gasteiger partial charge in [0.1, 0.15) is 18.2 Å². The van der Waals surface area contributed by atoms with Crippen LogP contribution in [0.1, 0.15) is 50.2 Å². The van der Waals surface area contributed by atoms with Gasteiger partial charge in [-0.25, -0.2) is 9.18 Å². The van der Waals surface area contributed by atoms with Crippen LogP contribution in [-0.4, -0.2) is 36.5 Å². The molecule has 2 aliphatic rings. The lowest BCUT2D eigenvalue weighted by molar-refractivity contribution is -0.140. The van der Waals surface area contributed by atoms with Crippen LogP contribution in [0.4, 0.5) is 4.39 Å². The van der Waals surface area contributed by atoms with Gasteiger partial charge in [0.05, 0.1) is 13.0 Å². The molecule has 1 amide bonds. The number of hydrogen-bond acceptors (Lipinski definition) is 4. The SMILES string of the molecule is CCOC(=O)/C(=C/c1ccc(OCc2ccc(F)cc2)cc1)CC(=O)N1C[C@H]2CCCC[C@H]2C1. The Morgan fingerprint density at radius 2 is 1.65 bits per heavy atom. The molecule has 0 spiro atoms. The number of hydrogen-bond donors (Lipinski definition) is 0. The monoisotopic (exact) mass is 465 g/mol. The van der Waals surface area contributed by atoms with Gasteiger partial charge < -0.3 is 14.4 Å². The zero-order valence-electron chi connectivity index (χ0n) is 19.7. The van der Waals surface area contributed by atoms with Crippen molar-refractivity contribution in [2.75, 3.05) is 19.7 Å². The van der Waals surface area contributed by atoms with Gasteiger partial charge >= 0.3 is 5.97 Å². The second kappa shape index (κ2) is 11.3. The standard InChI is InChI=1S/C28H32FNO4/c1-2-33-28(32)24(16-27(31)30-17-22-5-3-4-6-23(22)18-30)15-20-9-13-26(14-10-20)34-19-21-7-11-25(29)12-8-21/h7-15,22-23H,2-6,16-19H2,1H3/b24-15+/t22-,23+. The summed E-state index contributed by atoms with van der Waals surface area (Å²) in [6.45, 7) is 3.96. The highest BCUT2D eigenvalue weighted by Crippen LogP contribution is 2.36. The highest BCUT2D eigenvalue weighted by atomic mass is 19.1. The summed E-state index contributed by atoms with van der Waals surface area (Å²) in [4.78, 5) is 27.5. The van der Waals surface area contributed by atoms with E-state index in [9.17, 15) is 14.0 Å². The third-order valence-corrected chi connectivity index (χ3v) is 6.75. The van der Waals surface area contributed by atoms with E-state index in [1.807, 2.05) is 29.2 Å². The Balaban J connectivity index is 1.40. The molecule has 1 saturated heterocycles. The van der Waals surface area contributed by atoms with Crippen LogP contribution in [0.25, 0.3) is 6.08 Å². The average Bonchev–Trinajstić information content (AvgIpc) is 3.29. The van der Waals surface area contributed by atoms with Crippen LogP contribution in [0.5, 0.6) is 5.75 Å². The van der Waals surface area contributed by atoms with E-state index >= 15 is 0 Å². The maximum absolute atomic E-state index is 13.0. The summed E-state index contributed by atoms with van der Waals surface area (Å²) in [6.07, 6.45) is 6.67. The molecule has 34 heavy (non-hydrogen) atoms. The smallest absolute Gasteiger partial charge is 0.334 e. The normalized spacial score (nSPS) is 20.1. The fraction of sp³-hybridized carbons (Fsp3) is 0.429. The van der Waals surface area contributed by atoms with Crippen LogP contribution in [0.3, 0.4) is 0 Å². The van der Waals surface area contributed by atoms with Crippen molar-refractivity contribution in [3.8, 4) is 5.75 Å². The molecular formula is C28H32FNO4. The Morgan fingerprint density at radius 1 is 1.00 bits per heavy atom. The molecule has 0 unspecified atom stereocenters. The third kappa shape index (κ3) is 6.25. The van der Waals surface area contributed by atoms with Gasteiger partial charge in [-0.1, -0.05) is 37.1 Å². The van der Waals surface area contributed by atoms with Gasteiger partial charge in [-0.15, -0.1) is 0 Å². The molecule has 0 aromatic heterocycles. The number of benzene rings is 2. The van der Waals surface area contributed by atoms with E-state index in [0.717, 1.165) is 24.2 Å². The molecular weight excluding hydrogens is 433 g/mol. The molecule has 0 N–H and O–H groups in total. The van der Waals surface area contributed by atoms with E-state index < -0.39 is 5.97 Å². The molecule has 5 nitrogen and oxygen atoms in total. The molecule has 0 bridgehead atoms. The number of rotatable bonds is 8. The number of carbonyl (C=O) groups excluding carboxylic acids is 2. The number of ether oxygens (including phenoxy) is 2. The van der Waals surface area contributed by atoms with Gasteiger partial charge in [-0.05, 0) is 73.1 Å². The van der Waals surface area contributed by atoms with E-state index in [4.69, 9.17) is 9.47 Å². The van der Waals surface area contributed by atoms with Crippen LogP contribution in [0, 0.1) is 17.7 Å². The average molecular weight is 466 g/mol. The van der Waals surface area contributed by atoms with Gasteiger partial charge in [-0.2, -0.15) is 0 Å². The lowest BCUT2D eigenvalue weighted by atomic mass is 9.82. The minimum atomic E-state index is -0.455. The molecule has 2 aromatic rings. The van der Waals surface area contributed by atoms with Crippen LogP contribution >= 0.6 is 0 Å². The molecule has 6 heteroatoms. The second-order valence-corrected chi connectivity index (χ2v) is 9.15. The van der Waals surface area contributed by atoms with E-state index in [1.54, 1.807) is 25.1 Å². The summed E-state index contributed by atoms with van der Waals surface area (Å²) in [5.74, 6) is 1.14. The number of nitrogens with zero attached hydrogens (tertiary/aromatic N) is 1. The molecule has 4 rings (SSSR count). The molecule has 2 atom stereocenters. The number of halogens is 1. The fourth-order valence-electron chi connectivity index (χ4n) is 4.90. The van der Waals surface area contributed by atoms with Crippen molar-refractivity contribution < 1.29 is 23.5 Å². The second-order valence-electron chi connectivity index (χ2n) is 9.15. The Labute approximate surface area is 200 Å². The summed E-state index contributed by atoms with van der Waals surface area (Å²) in [7, 11) is 0. The zero-order valence-corrected chi connectivity index (χ0v) is 19.7. The molecule has 1 aliphatic heterocycles. The molecule has 1 saturated carbocycles. The largest absolute Gasteiger partial charge is 0.489 e. The molecule has 2 fully saturated rings. The Hall–Kier alpha value is -3.15. The van der Waals surface area contributed by atoms with Gasteiger partial charge in [-0.3, -0.25) is 4.79 Å². The number of amides is 1. The Kier molecular flexibility index (Phi) is 7.99. The summed E-state index contributed by atoms with van der Waals surface area (Å²) in [6, 6.07) is 13.5. The molecule has 1 aliphatic carbocycles. The lowest BCUT2D eigenvalue weighted by Crippen LogP contribution is -2.30. The van der Waals surface area contributed by atoms with Crippen molar-refractivity contribution in [3.05, 3.63) is 71.0 Å². The highest BCUT2D eigenvalue weighted by molar-refractivity contribution is 5.99. The molecule has 1 heterocycles. The van der Waals surface area contributed by atoms with Gasteiger partial charge in [0.15, 0.2) is 0 Å². The number of likely N-dealkylation sites (tertiary alicyclic amines) is 1. The van der Waals surface area contributed by atoms with Crippen molar-refractivity contribution in [1.29, 1.82) is 0 Å². The van der Waals surface area contributed by atoms with Crippen LogP contribution in [-0.2, 0) is 20.9 Å². The Bertz CT molecular complexity index is 1000. The predicted octanol–water partition coefficient (Wildman–Crippen LogP) is 5.39. The van der Waals surface area contributed by atoms with Gasteiger partial charge in [0.25, 0.3) is 0 Å². The van der Waals surface area contributed by atoms with Crippen molar-refractivity contribution in [3.63, 3.8) is 0 Å². The summed E-state index contributed by atoms with van der Waals surface area (Å²) in [5, 5.41) is 0. The first-order valence-electron chi connectivity index (χ1n) is 12.1. The van der Waals surface area contributed by atoms with Gasteiger partial charge in [0, 0.05) is 18.7 Å². The van der Waals surface area contributed by atoms with Crippen molar-refractivity contribution in [2.24, 2.45) is 11.8 Å². The summed E-state index contributed by atoms with van der Waals surface area (Å²) < 4.78 is 24.0. The topological polar surface area (TPSA) is 55.8 Å². The van der Waals surface area contributed by atoms with E-state index in [1.165, 1.54) is 37.8 Å². The lowest BCUT2D eigenvalue weighted by Gasteiger charge is -2.22. The van der Waals surface area contributed by atoms with E-state index in [2.05, 4.69) is 0 Å². The van der Waals surface area contributed by atoms with E-state index in [0.29, 0.717) is 29.8 Å². The van der Waals surface area contributed by atoms with Crippen molar-refractivity contribution in [2.45, 2.75) is 45.6 Å². The third-order valence-electron chi connectivity index (χ3n) is 6.75. The molecule has 0 radical (unpaired) electrons. The first kappa shape index (κ1) is 24.0. The first-order valence-corrected chi connectivity index (χ1v) is 12.1. The maximum atomic E-state index is 13.0. The van der Waals surface area contributed by atoms with Crippen LogP contribution < -0.4 is 4.74 Å². The summed E-state index contributed by atoms with van der Waals surface area (Å²) in [5.41, 5.74) is 2.03. The van der Waals surface area contributed by atoms with Gasteiger partial charge in [0.2, 0.25) is 5.91 Å². The van der Waals surface area contributed by atoms with Crippen LogP contribution in [0.15, 0.2) is 54.1 Å². The minimum absolute atomic E-state index is 0.00652. The maximum Gasteiger partial charge on any atom is 0.334 e. The molecule has 2 aromatic carbocycles. The predicted molar refractivity (Wildman–Crippen MR) is 128 cm³/mol. The van der Waals surface area contributed by atoms with E-state index in [-0.39, 0.29) is 24.8 Å². The highest BCUT2D eigenvalue weighted by Gasteiger charge is 2.36. The van der Waals surface area contributed by atoms with Crippen molar-refractivity contribution >= 4 is 18.0 Å². The Morgan fingerprint density at radius 3 is 2.26 bits per heavy atom. The first-order chi connectivity index (χ1) is 16.5. The summed E-state index contributed by atoms with van der Waals surface area (Å²) >= 11 is 0. The number of fused-ring (bicyclic) bond motifs is 1. The van der Waals surface area contributed by atoms with Crippen LogP contribution in [0.2, 0.25) is 0 Å². The number of carbonyl (C=O) groups is 2. The molecule has 180 valence electrons.